The van der Waals surface area contributed by atoms with Crippen LogP contribution in [0.5, 0.6) is 0 Å². The lowest BCUT2D eigenvalue weighted by atomic mass is 9.92. The second kappa shape index (κ2) is 4.02. The van der Waals surface area contributed by atoms with Crippen LogP contribution in [0.25, 0.3) is 11.1 Å². The van der Waals surface area contributed by atoms with E-state index in [1.165, 1.54) is 11.1 Å². The van der Waals surface area contributed by atoms with Crippen LogP contribution in [0.4, 0.5) is 0 Å². The number of rotatable bonds is 2. The van der Waals surface area contributed by atoms with E-state index >= 15 is 0 Å². The van der Waals surface area contributed by atoms with Gasteiger partial charge in [0, 0.05) is 37.0 Å². The van der Waals surface area contributed by atoms with E-state index in [1.807, 2.05) is 12.4 Å². The van der Waals surface area contributed by atoms with Gasteiger partial charge in [0.25, 0.3) is 0 Å². The quantitative estimate of drug-likeness (QED) is 0.823. The van der Waals surface area contributed by atoms with Gasteiger partial charge in [-0.15, -0.1) is 0 Å². The second-order valence-electron chi connectivity index (χ2n) is 4.10. The van der Waals surface area contributed by atoms with E-state index in [0.29, 0.717) is 5.92 Å². The van der Waals surface area contributed by atoms with E-state index in [1.54, 1.807) is 6.33 Å². The average molecular weight is 211 g/mol. The predicted octanol–water partition coefficient (Wildman–Crippen LogP) is 1.83. The molecule has 0 bridgehead atoms. The Morgan fingerprint density at radius 1 is 0.938 bits per heavy atom. The van der Waals surface area contributed by atoms with E-state index in [2.05, 4.69) is 39.6 Å². The van der Waals surface area contributed by atoms with E-state index in [0.717, 1.165) is 18.7 Å². The molecule has 1 N–H and O–H groups in total. The summed E-state index contributed by atoms with van der Waals surface area (Å²) in [5, 5.41) is 3.29. The van der Waals surface area contributed by atoms with Crippen molar-refractivity contribution in [3.05, 3.63) is 48.5 Å². The summed E-state index contributed by atoms with van der Waals surface area (Å²) in [6, 6.07) is 8.69. The standard InChI is InChI=1S/C13H13N3/c1-3-11(13-7-15-9-16-8-13)4-2-10(1)12-5-14-6-12/h1-4,7-9,12,14H,5-6H2. The second-order valence-corrected chi connectivity index (χ2v) is 4.10. The molecule has 1 aliphatic heterocycles. The van der Waals surface area contributed by atoms with Gasteiger partial charge in [0.1, 0.15) is 6.33 Å². The lowest BCUT2D eigenvalue weighted by molar-refractivity contribution is 0.448. The topological polar surface area (TPSA) is 37.8 Å². The molecule has 3 rings (SSSR count). The molecular formula is C13H13N3. The number of benzene rings is 1. The summed E-state index contributed by atoms with van der Waals surface area (Å²) in [5.74, 6) is 0.695. The maximum absolute atomic E-state index is 4.02. The monoisotopic (exact) mass is 211 g/mol. The lowest BCUT2D eigenvalue weighted by Gasteiger charge is -2.27. The van der Waals surface area contributed by atoms with Crippen molar-refractivity contribution in [3.63, 3.8) is 0 Å². The SMILES string of the molecule is c1ncc(-c2ccc(C3CNC3)cc2)cn1. The molecular weight excluding hydrogens is 198 g/mol. The molecule has 16 heavy (non-hydrogen) atoms. The highest BCUT2D eigenvalue weighted by atomic mass is 14.9. The summed E-state index contributed by atoms with van der Waals surface area (Å²) in [6.45, 7) is 2.21. The normalized spacial score (nSPS) is 15.8. The Hall–Kier alpha value is -1.74. The van der Waals surface area contributed by atoms with Crippen molar-refractivity contribution >= 4 is 0 Å². The van der Waals surface area contributed by atoms with Crippen molar-refractivity contribution in [2.24, 2.45) is 0 Å². The molecule has 2 aromatic rings. The Morgan fingerprint density at radius 2 is 1.62 bits per heavy atom. The van der Waals surface area contributed by atoms with Crippen LogP contribution in [0, 0.1) is 0 Å². The highest BCUT2D eigenvalue weighted by molar-refractivity contribution is 5.61. The number of nitrogens with one attached hydrogen (secondary N) is 1. The van der Waals surface area contributed by atoms with Crippen LogP contribution < -0.4 is 5.32 Å². The smallest absolute Gasteiger partial charge is 0.115 e. The van der Waals surface area contributed by atoms with Gasteiger partial charge in [-0.2, -0.15) is 0 Å². The average Bonchev–Trinajstić information content (AvgIpc) is 2.29. The van der Waals surface area contributed by atoms with Crippen LogP contribution in [0.15, 0.2) is 43.0 Å². The molecule has 1 aromatic carbocycles. The van der Waals surface area contributed by atoms with Crippen molar-refractivity contribution in [1.29, 1.82) is 0 Å². The predicted molar refractivity (Wildman–Crippen MR) is 63.1 cm³/mol. The largest absolute Gasteiger partial charge is 0.315 e. The fraction of sp³-hybridized carbons (Fsp3) is 0.231. The molecule has 1 aliphatic rings. The van der Waals surface area contributed by atoms with Gasteiger partial charge in [-0.25, -0.2) is 9.97 Å². The van der Waals surface area contributed by atoms with Gasteiger partial charge in [-0.3, -0.25) is 0 Å². The summed E-state index contributed by atoms with van der Waals surface area (Å²) in [7, 11) is 0. The van der Waals surface area contributed by atoms with Gasteiger partial charge in [0.2, 0.25) is 0 Å². The van der Waals surface area contributed by atoms with Crippen LogP contribution >= 0.6 is 0 Å². The minimum atomic E-state index is 0.695. The maximum atomic E-state index is 4.02. The molecule has 0 aliphatic carbocycles. The first-order chi connectivity index (χ1) is 7.93. The van der Waals surface area contributed by atoms with E-state index in [9.17, 15) is 0 Å². The number of hydrogen-bond acceptors (Lipinski definition) is 3. The first-order valence-corrected chi connectivity index (χ1v) is 5.49. The van der Waals surface area contributed by atoms with E-state index in [-0.39, 0.29) is 0 Å². The zero-order valence-electron chi connectivity index (χ0n) is 8.93. The Kier molecular flexibility index (Phi) is 2.38. The Balaban J connectivity index is 1.87. The third-order valence-corrected chi connectivity index (χ3v) is 3.06. The van der Waals surface area contributed by atoms with E-state index < -0.39 is 0 Å². The van der Waals surface area contributed by atoms with Gasteiger partial charge < -0.3 is 5.32 Å². The third kappa shape index (κ3) is 1.70. The summed E-state index contributed by atoms with van der Waals surface area (Å²) >= 11 is 0. The Bertz CT molecular complexity index is 460. The van der Waals surface area contributed by atoms with Crippen LogP contribution in [0.2, 0.25) is 0 Å². The molecule has 0 radical (unpaired) electrons. The summed E-state index contributed by atoms with van der Waals surface area (Å²) in [4.78, 5) is 8.05. The molecule has 3 heteroatoms. The summed E-state index contributed by atoms with van der Waals surface area (Å²) in [5.41, 5.74) is 3.66. The molecule has 0 unspecified atom stereocenters. The Labute approximate surface area is 94.6 Å². The lowest BCUT2D eigenvalue weighted by Crippen LogP contribution is -2.39. The van der Waals surface area contributed by atoms with Crippen LogP contribution in [-0.4, -0.2) is 23.1 Å². The van der Waals surface area contributed by atoms with Gasteiger partial charge in [-0.1, -0.05) is 24.3 Å². The molecule has 80 valence electrons. The van der Waals surface area contributed by atoms with Crippen molar-refractivity contribution in [2.45, 2.75) is 5.92 Å². The van der Waals surface area contributed by atoms with Gasteiger partial charge in [-0.05, 0) is 11.1 Å². The van der Waals surface area contributed by atoms with Gasteiger partial charge in [0.15, 0.2) is 0 Å². The molecule has 0 saturated carbocycles. The molecule has 0 atom stereocenters. The zero-order chi connectivity index (χ0) is 10.8. The molecule has 1 aromatic heterocycles. The zero-order valence-corrected chi connectivity index (χ0v) is 8.93. The van der Waals surface area contributed by atoms with Crippen LogP contribution in [0.3, 0.4) is 0 Å². The number of aromatic nitrogens is 2. The van der Waals surface area contributed by atoms with E-state index in [4.69, 9.17) is 0 Å². The molecule has 0 spiro atoms. The van der Waals surface area contributed by atoms with Crippen LogP contribution in [0.1, 0.15) is 11.5 Å². The third-order valence-electron chi connectivity index (χ3n) is 3.06. The molecule has 3 nitrogen and oxygen atoms in total. The van der Waals surface area contributed by atoms with Crippen molar-refractivity contribution in [3.8, 4) is 11.1 Å². The van der Waals surface area contributed by atoms with Crippen molar-refractivity contribution in [1.82, 2.24) is 15.3 Å². The van der Waals surface area contributed by atoms with Gasteiger partial charge >= 0.3 is 0 Å². The molecule has 2 heterocycles. The van der Waals surface area contributed by atoms with Crippen molar-refractivity contribution < 1.29 is 0 Å². The first kappa shape index (κ1) is 9.48. The minimum absolute atomic E-state index is 0.695. The fourth-order valence-electron chi connectivity index (χ4n) is 1.92. The first-order valence-electron chi connectivity index (χ1n) is 5.49. The fourth-order valence-corrected chi connectivity index (χ4v) is 1.92. The van der Waals surface area contributed by atoms with Crippen molar-refractivity contribution in [2.75, 3.05) is 13.1 Å². The van der Waals surface area contributed by atoms with Crippen LogP contribution in [-0.2, 0) is 0 Å². The molecule has 1 saturated heterocycles. The molecule has 1 fully saturated rings. The molecule has 0 amide bonds. The number of nitrogens with zero attached hydrogens (tertiary/aromatic N) is 2. The number of hydrogen-bond donors (Lipinski definition) is 1. The highest BCUT2D eigenvalue weighted by Gasteiger charge is 2.18. The Morgan fingerprint density at radius 3 is 2.19 bits per heavy atom. The van der Waals surface area contributed by atoms with Gasteiger partial charge in [0.05, 0.1) is 0 Å². The summed E-state index contributed by atoms with van der Waals surface area (Å²) in [6.07, 6.45) is 5.23. The summed E-state index contributed by atoms with van der Waals surface area (Å²) < 4.78 is 0. The maximum Gasteiger partial charge on any atom is 0.115 e. The highest BCUT2D eigenvalue weighted by Crippen LogP contribution is 2.23. The minimum Gasteiger partial charge on any atom is -0.315 e.